The van der Waals surface area contributed by atoms with Crippen LogP contribution in [0, 0.1) is 11.3 Å². The van der Waals surface area contributed by atoms with Crippen molar-refractivity contribution in [3.63, 3.8) is 0 Å². The molecule has 2 N–H and O–H groups in total. The van der Waals surface area contributed by atoms with Gasteiger partial charge in [-0.1, -0.05) is 24.3 Å². The highest BCUT2D eigenvalue weighted by molar-refractivity contribution is 5.94. The lowest BCUT2D eigenvalue weighted by molar-refractivity contribution is -0.121. The molecular weight excluding hydrogens is 348 g/mol. The fraction of sp³-hybridized carbons (Fsp3) is 0.304. The third-order valence-electron chi connectivity index (χ3n) is 5.78. The summed E-state index contributed by atoms with van der Waals surface area (Å²) in [7, 11) is 0. The van der Waals surface area contributed by atoms with Gasteiger partial charge in [0.15, 0.2) is 0 Å². The maximum atomic E-state index is 12.7. The zero-order valence-electron chi connectivity index (χ0n) is 16.0. The van der Waals surface area contributed by atoms with Gasteiger partial charge in [0.2, 0.25) is 5.91 Å². The molecule has 1 aliphatic heterocycles. The monoisotopic (exact) mass is 372 g/mol. The number of aromatic amines is 1. The number of likely N-dealkylation sites (tertiary alicyclic amines) is 1. The van der Waals surface area contributed by atoms with Crippen LogP contribution in [0.4, 0.5) is 5.69 Å². The van der Waals surface area contributed by atoms with E-state index < -0.39 is 0 Å². The first-order valence-corrected chi connectivity index (χ1v) is 9.77. The molecule has 1 unspecified atom stereocenters. The minimum Gasteiger partial charge on any atom is -0.361 e. The van der Waals surface area contributed by atoms with E-state index in [2.05, 4.69) is 51.7 Å². The average Bonchev–Trinajstić information content (AvgIpc) is 3.17. The Balaban J connectivity index is 1.37. The summed E-state index contributed by atoms with van der Waals surface area (Å²) in [5.74, 6) is 0.496. The summed E-state index contributed by atoms with van der Waals surface area (Å²) < 4.78 is 0. The van der Waals surface area contributed by atoms with Crippen molar-refractivity contribution in [3.8, 4) is 6.07 Å². The molecule has 28 heavy (non-hydrogen) atoms. The van der Waals surface area contributed by atoms with Gasteiger partial charge in [-0.05, 0) is 68.6 Å². The topological polar surface area (TPSA) is 71.9 Å². The summed E-state index contributed by atoms with van der Waals surface area (Å²) in [6.45, 7) is 3.75. The number of benzene rings is 2. The minimum atomic E-state index is -0.199. The van der Waals surface area contributed by atoms with Gasteiger partial charge in [-0.25, -0.2) is 0 Å². The number of aromatic nitrogens is 1. The van der Waals surface area contributed by atoms with Crippen LogP contribution in [0.25, 0.3) is 10.9 Å². The number of nitrogens with one attached hydrogen (secondary N) is 2. The van der Waals surface area contributed by atoms with Crippen molar-refractivity contribution in [3.05, 3.63) is 65.9 Å². The number of hydrogen-bond acceptors (Lipinski definition) is 3. The van der Waals surface area contributed by atoms with Crippen LogP contribution in [0.1, 0.15) is 36.8 Å². The van der Waals surface area contributed by atoms with Crippen LogP contribution in [-0.4, -0.2) is 34.9 Å². The first-order chi connectivity index (χ1) is 13.7. The first-order valence-electron chi connectivity index (χ1n) is 9.77. The highest BCUT2D eigenvalue weighted by Crippen LogP contribution is 2.33. The van der Waals surface area contributed by atoms with Crippen LogP contribution < -0.4 is 5.32 Å². The molecular formula is C23H24N4O. The van der Waals surface area contributed by atoms with Gasteiger partial charge >= 0.3 is 0 Å². The maximum absolute atomic E-state index is 12.7. The Hall–Kier alpha value is -3.10. The van der Waals surface area contributed by atoms with E-state index in [1.54, 1.807) is 18.2 Å². The van der Waals surface area contributed by atoms with Crippen molar-refractivity contribution in [1.82, 2.24) is 9.88 Å². The maximum Gasteiger partial charge on any atom is 0.241 e. The van der Waals surface area contributed by atoms with E-state index in [0.717, 1.165) is 25.9 Å². The molecule has 1 atom stereocenters. The summed E-state index contributed by atoms with van der Waals surface area (Å²) in [4.78, 5) is 18.3. The number of carbonyl (C=O) groups excluding carboxylic acids is 1. The number of amides is 1. The van der Waals surface area contributed by atoms with E-state index in [9.17, 15) is 4.79 Å². The Morgan fingerprint density at radius 1 is 1.21 bits per heavy atom. The summed E-state index contributed by atoms with van der Waals surface area (Å²) in [6, 6.07) is 17.4. The van der Waals surface area contributed by atoms with Gasteiger partial charge in [-0.3, -0.25) is 9.69 Å². The van der Waals surface area contributed by atoms with Crippen molar-refractivity contribution in [1.29, 1.82) is 5.26 Å². The standard InChI is InChI=1S/C23H24N4O/c1-16(23(28)26-19-6-4-5-17(13-19)14-24)27-11-9-18(10-12-27)21-15-25-22-8-3-2-7-20(21)22/h2-8,13,15-16,18,25H,9-12H2,1H3,(H,26,28). The summed E-state index contributed by atoms with van der Waals surface area (Å²) in [6.07, 6.45) is 4.23. The van der Waals surface area contributed by atoms with E-state index in [1.807, 2.05) is 13.0 Å². The number of para-hydroxylation sites is 1. The van der Waals surface area contributed by atoms with Crippen molar-refractivity contribution < 1.29 is 4.79 Å². The zero-order valence-corrected chi connectivity index (χ0v) is 16.0. The molecule has 0 saturated carbocycles. The van der Waals surface area contributed by atoms with Crippen LogP contribution in [0.3, 0.4) is 0 Å². The van der Waals surface area contributed by atoms with E-state index in [0.29, 0.717) is 17.2 Å². The molecule has 0 aliphatic carbocycles. The fourth-order valence-electron chi connectivity index (χ4n) is 4.11. The number of piperidine rings is 1. The highest BCUT2D eigenvalue weighted by Gasteiger charge is 2.28. The van der Waals surface area contributed by atoms with Gasteiger partial charge in [-0.2, -0.15) is 5.26 Å². The van der Waals surface area contributed by atoms with Crippen LogP contribution in [0.2, 0.25) is 0 Å². The van der Waals surface area contributed by atoms with Crippen molar-refractivity contribution >= 4 is 22.5 Å². The van der Waals surface area contributed by atoms with Crippen molar-refractivity contribution in [2.75, 3.05) is 18.4 Å². The average molecular weight is 372 g/mol. The lowest BCUT2D eigenvalue weighted by atomic mass is 9.88. The molecule has 2 heterocycles. The first kappa shape index (κ1) is 18.3. The van der Waals surface area contributed by atoms with E-state index in [1.165, 1.54) is 16.5 Å². The highest BCUT2D eigenvalue weighted by atomic mass is 16.2. The molecule has 5 nitrogen and oxygen atoms in total. The van der Waals surface area contributed by atoms with Crippen molar-refractivity contribution in [2.45, 2.75) is 31.7 Å². The summed E-state index contributed by atoms with van der Waals surface area (Å²) in [5.41, 5.74) is 3.79. The van der Waals surface area contributed by atoms with Crippen LogP contribution >= 0.6 is 0 Å². The third-order valence-corrected chi connectivity index (χ3v) is 5.78. The largest absolute Gasteiger partial charge is 0.361 e. The van der Waals surface area contributed by atoms with Gasteiger partial charge in [0, 0.05) is 22.8 Å². The van der Waals surface area contributed by atoms with Crippen LogP contribution in [-0.2, 0) is 4.79 Å². The number of carbonyl (C=O) groups is 1. The Labute approximate surface area is 165 Å². The molecule has 1 saturated heterocycles. The lowest BCUT2D eigenvalue weighted by Crippen LogP contribution is -2.45. The lowest BCUT2D eigenvalue weighted by Gasteiger charge is -2.35. The van der Waals surface area contributed by atoms with Gasteiger partial charge < -0.3 is 10.3 Å². The minimum absolute atomic E-state index is 0.0272. The second kappa shape index (κ2) is 7.87. The molecule has 1 aliphatic rings. The molecule has 1 amide bonds. The molecule has 0 bridgehead atoms. The molecule has 4 rings (SSSR count). The van der Waals surface area contributed by atoms with Gasteiger partial charge in [0.05, 0.1) is 17.7 Å². The second-order valence-electron chi connectivity index (χ2n) is 7.46. The Bertz CT molecular complexity index is 1020. The fourth-order valence-corrected chi connectivity index (χ4v) is 4.11. The zero-order chi connectivity index (χ0) is 19.5. The number of H-pyrrole nitrogens is 1. The second-order valence-corrected chi connectivity index (χ2v) is 7.46. The molecule has 3 aromatic rings. The van der Waals surface area contributed by atoms with Crippen LogP contribution in [0.15, 0.2) is 54.7 Å². The number of rotatable bonds is 4. The van der Waals surface area contributed by atoms with Crippen molar-refractivity contribution in [2.24, 2.45) is 0 Å². The third kappa shape index (κ3) is 3.64. The van der Waals surface area contributed by atoms with Crippen LogP contribution in [0.5, 0.6) is 0 Å². The SMILES string of the molecule is CC(C(=O)Nc1cccc(C#N)c1)N1CCC(c2c[nH]c3ccccc23)CC1. The molecule has 142 valence electrons. The Morgan fingerprint density at radius 2 is 2.00 bits per heavy atom. The predicted molar refractivity (Wildman–Crippen MR) is 111 cm³/mol. The smallest absolute Gasteiger partial charge is 0.241 e. The molecule has 0 spiro atoms. The normalized spacial score (nSPS) is 16.6. The van der Waals surface area contributed by atoms with E-state index >= 15 is 0 Å². The molecule has 1 fully saturated rings. The molecule has 0 radical (unpaired) electrons. The number of nitriles is 1. The number of hydrogen-bond donors (Lipinski definition) is 2. The predicted octanol–water partition coefficient (Wildman–Crippen LogP) is 4.25. The molecule has 1 aromatic heterocycles. The van der Waals surface area contributed by atoms with E-state index in [4.69, 9.17) is 5.26 Å². The molecule has 2 aromatic carbocycles. The number of fused-ring (bicyclic) bond motifs is 1. The summed E-state index contributed by atoms with van der Waals surface area (Å²) >= 11 is 0. The number of nitrogens with zero attached hydrogens (tertiary/aromatic N) is 2. The van der Waals surface area contributed by atoms with E-state index in [-0.39, 0.29) is 11.9 Å². The molecule has 5 heteroatoms. The number of anilines is 1. The van der Waals surface area contributed by atoms with Gasteiger partial charge in [-0.15, -0.1) is 0 Å². The van der Waals surface area contributed by atoms with Gasteiger partial charge in [0.25, 0.3) is 0 Å². The Kier molecular flexibility index (Phi) is 5.14. The quantitative estimate of drug-likeness (QED) is 0.719. The Morgan fingerprint density at radius 3 is 2.79 bits per heavy atom. The van der Waals surface area contributed by atoms with Gasteiger partial charge in [0.1, 0.15) is 0 Å². The summed E-state index contributed by atoms with van der Waals surface area (Å²) in [5, 5.41) is 13.3.